The molecule has 0 heterocycles. The van der Waals surface area contributed by atoms with E-state index in [1.165, 1.54) is 19.3 Å². The van der Waals surface area contributed by atoms with Crippen molar-refractivity contribution in [2.45, 2.75) is 142 Å². The van der Waals surface area contributed by atoms with Crippen LogP contribution in [-0.2, 0) is 37.5 Å². The predicted molar refractivity (Wildman–Crippen MR) is 244 cm³/mol. The van der Waals surface area contributed by atoms with Crippen molar-refractivity contribution in [2.75, 3.05) is 19.8 Å². The molecular weight excluding hydrogens is 781 g/mol. The summed E-state index contributed by atoms with van der Waals surface area (Å²) in [6.45, 7) is 2.50. The lowest BCUT2D eigenvalue weighted by atomic mass is 10.2. The van der Waals surface area contributed by atoms with Gasteiger partial charge in [-0.2, -0.15) is 0 Å². The minimum atomic E-state index is -4.76. The number of phosphoric ester groups is 1. The van der Waals surface area contributed by atoms with Crippen LogP contribution in [0, 0.1) is 0 Å². The van der Waals surface area contributed by atoms with Crippen molar-refractivity contribution in [2.24, 2.45) is 5.73 Å². The Kier molecular flexibility index (Phi) is 38.8. The summed E-state index contributed by atoms with van der Waals surface area (Å²) in [5, 5.41) is 8.89. The summed E-state index contributed by atoms with van der Waals surface area (Å²) >= 11 is 0. The van der Waals surface area contributed by atoms with Gasteiger partial charge in [0.1, 0.15) is 12.6 Å². The van der Waals surface area contributed by atoms with Crippen molar-refractivity contribution < 1.29 is 47.5 Å². The molecule has 0 amide bonds. The maximum absolute atomic E-state index is 12.6. The molecule has 0 rings (SSSR count). The van der Waals surface area contributed by atoms with Gasteiger partial charge in [0.05, 0.1) is 13.2 Å². The molecule has 0 aliphatic rings. The fraction of sp³-hybridized carbons (Fsp3) is 0.521. The molecule has 0 aliphatic carbocycles. The third-order valence-electron chi connectivity index (χ3n) is 8.21. The highest BCUT2D eigenvalue weighted by Crippen LogP contribution is 2.43. The molecule has 0 aromatic carbocycles. The van der Waals surface area contributed by atoms with Gasteiger partial charge < -0.3 is 25.2 Å². The van der Waals surface area contributed by atoms with Crippen molar-refractivity contribution in [1.82, 2.24) is 0 Å². The second-order valence-corrected chi connectivity index (χ2v) is 15.2. The number of rotatable bonds is 38. The van der Waals surface area contributed by atoms with E-state index in [1.54, 1.807) is 0 Å². The Balaban J connectivity index is 4.61. The maximum atomic E-state index is 12.6. The first-order chi connectivity index (χ1) is 29.1. The molecule has 336 valence electrons. The highest BCUT2D eigenvalue weighted by molar-refractivity contribution is 7.47. The molecular formula is C48H74NO10P. The number of carbonyl (C=O) groups is 3. The first-order valence-electron chi connectivity index (χ1n) is 21.6. The van der Waals surface area contributed by atoms with Crippen LogP contribution in [0.25, 0.3) is 0 Å². The molecule has 11 nitrogen and oxygen atoms in total. The second-order valence-electron chi connectivity index (χ2n) is 13.7. The van der Waals surface area contributed by atoms with E-state index in [0.29, 0.717) is 19.3 Å². The third-order valence-corrected chi connectivity index (χ3v) is 9.16. The number of carboxylic acid groups (broad SMARTS) is 1. The molecule has 0 aromatic heterocycles. The lowest BCUT2D eigenvalue weighted by molar-refractivity contribution is -0.161. The minimum absolute atomic E-state index is 0.0614. The summed E-state index contributed by atoms with van der Waals surface area (Å²) < 4.78 is 32.5. The zero-order valence-electron chi connectivity index (χ0n) is 36.2. The Morgan fingerprint density at radius 3 is 1.40 bits per heavy atom. The highest BCUT2D eigenvalue weighted by atomic mass is 31.2. The molecule has 12 heteroatoms. The molecule has 0 aromatic rings. The largest absolute Gasteiger partial charge is 0.480 e. The van der Waals surface area contributed by atoms with Gasteiger partial charge in [-0.3, -0.25) is 23.4 Å². The molecule has 0 fully saturated rings. The number of unbranched alkanes of at least 4 members (excludes halogenated alkanes) is 4. The molecule has 0 bridgehead atoms. The smallest absolute Gasteiger partial charge is 0.472 e. The zero-order chi connectivity index (χ0) is 44.2. The Bertz CT molecular complexity index is 1470. The van der Waals surface area contributed by atoms with Gasteiger partial charge in [0, 0.05) is 12.8 Å². The van der Waals surface area contributed by atoms with E-state index >= 15 is 0 Å². The van der Waals surface area contributed by atoms with Crippen molar-refractivity contribution in [3.8, 4) is 0 Å². The van der Waals surface area contributed by atoms with E-state index in [-0.39, 0.29) is 12.8 Å². The zero-order valence-corrected chi connectivity index (χ0v) is 37.1. The van der Waals surface area contributed by atoms with Crippen molar-refractivity contribution >= 4 is 25.7 Å². The molecule has 60 heavy (non-hydrogen) atoms. The summed E-state index contributed by atoms with van der Waals surface area (Å²) in [6.07, 6.45) is 55.7. The van der Waals surface area contributed by atoms with Gasteiger partial charge in [0.2, 0.25) is 0 Å². The number of nitrogens with two attached hydrogens (primary N) is 1. The second kappa shape index (κ2) is 41.6. The fourth-order valence-corrected chi connectivity index (χ4v) is 5.62. The van der Waals surface area contributed by atoms with Crippen LogP contribution >= 0.6 is 7.82 Å². The molecule has 0 saturated carbocycles. The standard InChI is InChI=1S/C48H74NO10P/c1-3-5-7-9-11-13-15-17-19-21-22-24-25-27-29-31-33-35-37-39-46(50)56-41-44(42-57-60(54,55)58-43-45(49)48(52)53)59-47(51)40-38-36-34-32-30-28-26-23-20-18-16-14-12-10-8-6-4-2/h5,7,11-14,17-20,22,24,26-29,32-35,44-45H,3-4,6,8-10,15-16,21,23,25,30-31,36-43,49H2,1-2H3,(H,52,53)(H,54,55). The van der Waals surface area contributed by atoms with Crippen LogP contribution in [0.15, 0.2) is 122 Å². The Labute approximate surface area is 360 Å². The summed E-state index contributed by atoms with van der Waals surface area (Å²) in [4.78, 5) is 45.9. The first kappa shape index (κ1) is 55.9. The quantitative estimate of drug-likeness (QED) is 0.0233. The topological polar surface area (TPSA) is 172 Å². The van der Waals surface area contributed by atoms with Crippen LogP contribution in [0.5, 0.6) is 0 Å². The number of hydrogen-bond donors (Lipinski definition) is 3. The fourth-order valence-electron chi connectivity index (χ4n) is 4.85. The van der Waals surface area contributed by atoms with E-state index in [0.717, 1.165) is 64.2 Å². The summed E-state index contributed by atoms with van der Waals surface area (Å²) in [7, 11) is -4.76. The normalized spacial score (nSPS) is 14.9. The van der Waals surface area contributed by atoms with E-state index < -0.39 is 57.7 Å². The van der Waals surface area contributed by atoms with Crippen molar-refractivity contribution in [1.29, 1.82) is 0 Å². The molecule has 0 radical (unpaired) electrons. The molecule has 3 unspecified atom stereocenters. The van der Waals surface area contributed by atoms with Gasteiger partial charge in [-0.05, 0) is 89.9 Å². The SMILES string of the molecule is CCC=CCC=CCC=CCC=CCC=CCC=CCCC(=O)OCC(COP(=O)(O)OCC(N)C(=O)O)OC(=O)CCCC=CCC=CCC=CCC=CCCCCC. The van der Waals surface area contributed by atoms with Gasteiger partial charge in [-0.15, -0.1) is 0 Å². The average molecular weight is 856 g/mol. The number of carboxylic acids is 1. The van der Waals surface area contributed by atoms with Crippen LogP contribution in [0.4, 0.5) is 0 Å². The van der Waals surface area contributed by atoms with Gasteiger partial charge >= 0.3 is 25.7 Å². The number of allylic oxidation sites excluding steroid dienone is 20. The number of carbonyl (C=O) groups excluding carboxylic acids is 2. The van der Waals surface area contributed by atoms with Crippen LogP contribution in [0.2, 0.25) is 0 Å². The lowest BCUT2D eigenvalue weighted by Gasteiger charge is -2.20. The van der Waals surface area contributed by atoms with Gasteiger partial charge in [-0.25, -0.2) is 4.57 Å². The lowest BCUT2D eigenvalue weighted by Crippen LogP contribution is -2.34. The number of phosphoric acid groups is 1. The Morgan fingerprint density at radius 1 is 0.533 bits per heavy atom. The first-order valence-corrected chi connectivity index (χ1v) is 23.1. The Morgan fingerprint density at radius 2 is 0.950 bits per heavy atom. The highest BCUT2D eigenvalue weighted by Gasteiger charge is 2.28. The maximum Gasteiger partial charge on any atom is 0.472 e. The molecule has 0 spiro atoms. The van der Waals surface area contributed by atoms with Crippen LogP contribution in [0.1, 0.15) is 129 Å². The monoisotopic (exact) mass is 856 g/mol. The van der Waals surface area contributed by atoms with E-state index in [9.17, 15) is 23.8 Å². The number of esters is 2. The number of aliphatic carboxylic acids is 1. The average Bonchev–Trinajstić information content (AvgIpc) is 3.22. The van der Waals surface area contributed by atoms with Crippen LogP contribution < -0.4 is 5.73 Å². The van der Waals surface area contributed by atoms with Gasteiger partial charge in [0.25, 0.3) is 0 Å². The summed E-state index contributed by atoms with van der Waals surface area (Å²) in [5.74, 6) is -2.58. The predicted octanol–water partition coefficient (Wildman–Crippen LogP) is 11.6. The van der Waals surface area contributed by atoms with Gasteiger partial charge in [0.15, 0.2) is 6.10 Å². The van der Waals surface area contributed by atoms with E-state index in [2.05, 4.69) is 116 Å². The molecule has 0 aliphatic heterocycles. The van der Waals surface area contributed by atoms with Crippen molar-refractivity contribution in [3.05, 3.63) is 122 Å². The minimum Gasteiger partial charge on any atom is -0.480 e. The van der Waals surface area contributed by atoms with E-state index in [1.807, 2.05) is 24.3 Å². The molecule has 3 atom stereocenters. The Hall–Kier alpha value is -4.12. The van der Waals surface area contributed by atoms with Crippen LogP contribution in [-0.4, -0.2) is 59.9 Å². The summed E-state index contributed by atoms with van der Waals surface area (Å²) in [6, 6.07) is -1.55. The van der Waals surface area contributed by atoms with Gasteiger partial charge in [-0.1, -0.05) is 148 Å². The van der Waals surface area contributed by atoms with Crippen LogP contribution in [0.3, 0.4) is 0 Å². The third kappa shape index (κ3) is 40.7. The molecule has 0 saturated heterocycles. The van der Waals surface area contributed by atoms with Crippen molar-refractivity contribution in [3.63, 3.8) is 0 Å². The number of ether oxygens (including phenoxy) is 2. The number of hydrogen-bond acceptors (Lipinski definition) is 9. The summed E-state index contributed by atoms with van der Waals surface area (Å²) in [5.41, 5.74) is 5.32. The molecule has 4 N–H and O–H groups in total. The van der Waals surface area contributed by atoms with E-state index in [4.69, 9.17) is 24.8 Å².